The Bertz CT molecular complexity index is 792. The highest BCUT2D eigenvalue weighted by atomic mass is 79.9. The fraction of sp³-hybridized carbons (Fsp3) is 0.0909. The lowest BCUT2D eigenvalue weighted by atomic mass is 10.2. The smallest absolute Gasteiger partial charge is 0.262 e. The molecule has 2 rings (SSSR count). The largest absolute Gasteiger partial charge is 0.273 e. The molecule has 1 N–H and O–H groups in total. The van der Waals surface area contributed by atoms with E-state index in [1.54, 1.807) is 0 Å². The molecule has 0 fully saturated rings. The molecule has 0 radical (unpaired) electrons. The number of sulfonamides is 1. The maximum Gasteiger partial charge on any atom is 0.273 e. The topological polar surface area (TPSA) is 115 Å². The van der Waals surface area contributed by atoms with Gasteiger partial charge in [0.05, 0.1) is 22.2 Å². The first-order valence-corrected chi connectivity index (χ1v) is 7.82. The Morgan fingerprint density at radius 3 is 2.57 bits per heavy atom. The average molecular weight is 373 g/mol. The summed E-state index contributed by atoms with van der Waals surface area (Å²) in [5.74, 6) is 0.0152. The van der Waals surface area contributed by atoms with E-state index in [2.05, 4.69) is 30.6 Å². The SMILES string of the molecule is Cc1ccc(S(=O)(=O)Nc2cnc(Br)cn2)cc1[N+](=O)[O-]. The fourth-order valence-electron chi connectivity index (χ4n) is 1.51. The van der Waals surface area contributed by atoms with Crippen molar-refractivity contribution in [3.63, 3.8) is 0 Å². The van der Waals surface area contributed by atoms with Crippen LogP contribution in [0.25, 0.3) is 0 Å². The van der Waals surface area contributed by atoms with Crippen molar-refractivity contribution in [1.82, 2.24) is 9.97 Å². The molecule has 1 heterocycles. The van der Waals surface area contributed by atoms with Gasteiger partial charge in [-0.25, -0.2) is 18.4 Å². The van der Waals surface area contributed by atoms with Gasteiger partial charge in [-0.2, -0.15) is 0 Å². The molecule has 0 saturated heterocycles. The zero-order valence-corrected chi connectivity index (χ0v) is 13.1. The maximum absolute atomic E-state index is 12.2. The first kappa shape index (κ1) is 15.3. The lowest BCUT2D eigenvalue weighted by molar-refractivity contribution is -0.385. The third-order valence-corrected chi connectivity index (χ3v) is 4.31. The maximum atomic E-state index is 12.2. The molecule has 0 aliphatic rings. The fourth-order valence-corrected chi connectivity index (χ4v) is 2.73. The van der Waals surface area contributed by atoms with Gasteiger partial charge in [0, 0.05) is 11.6 Å². The molecule has 0 aliphatic heterocycles. The quantitative estimate of drug-likeness (QED) is 0.649. The molecular formula is C11H9BrN4O4S. The Hall–Kier alpha value is -2.07. The van der Waals surface area contributed by atoms with Crippen LogP contribution < -0.4 is 4.72 Å². The minimum absolute atomic E-state index is 0.0152. The lowest BCUT2D eigenvalue weighted by Gasteiger charge is -2.07. The molecular weight excluding hydrogens is 364 g/mol. The highest BCUT2D eigenvalue weighted by Crippen LogP contribution is 2.23. The van der Waals surface area contributed by atoms with Crippen LogP contribution in [0.15, 0.2) is 40.1 Å². The summed E-state index contributed by atoms with van der Waals surface area (Å²) in [6.45, 7) is 1.53. The number of hydrogen-bond donors (Lipinski definition) is 1. The molecule has 0 atom stereocenters. The Labute approximate surface area is 128 Å². The standard InChI is InChI=1S/C11H9BrN4O4S/c1-7-2-3-8(4-9(7)16(17)18)21(19,20)15-11-6-13-10(12)5-14-11/h2-6H,1H3,(H,14,15). The predicted molar refractivity (Wildman–Crippen MR) is 78.4 cm³/mol. The molecule has 0 amide bonds. The monoisotopic (exact) mass is 372 g/mol. The van der Waals surface area contributed by atoms with Crippen LogP contribution in [0.5, 0.6) is 0 Å². The highest BCUT2D eigenvalue weighted by Gasteiger charge is 2.20. The molecule has 21 heavy (non-hydrogen) atoms. The Morgan fingerprint density at radius 2 is 2.00 bits per heavy atom. The second-order valence-corrected chi connectivity index (χ2v) is 6.53. The number of hydrogen-bond acceptors (Lipinski definition) is 6. The highest BCUT2D eigenvalue weighted by molar-refractivity contribution is 9.10. The first-order valence-electron chi connectivity index (χ1n) is 5.55. The van der Waals surface area contributed by atoms with E-state index in [1.165, 1.54) is 31.5 Å². The second-order valence-electron chi connectivity index (χ2n) is 4.04. The summed E-state index contributed by atoms with van der Waals surface area (Å²) in [6.07, 6.45) is 2.56. The first-order chi connectivity index (χ1) is 9.79. The summed E-state index contributed by atoms with van der Waals surface area (Å²) in [5, 5.41) is 10.9. The van der Waals surface area contributed by atoms with Gasteiger partial charge in [-0.3, -0.25) is 14.8 Å². The molecule has 110 valence electrons. The van der Waals surface area contributed by atoms with Crippen LogP contribution in [0.4, 0.5) is 11.5 Å². The van der Waals surface area contributed by atoms with Crippen LogP contribution in [0.3, 0.4) is 0 Å². The summed E-state index contributed by atoms with van der Waals surface area (Å²) in [7, 11) is -3.97. The van der Waals surface area contributed by atoms with Crippen molar-refractivity contribution in [3.05, 3.63) is 50.9 Å². The third kappa shape index (κ3) is 3.52. The van der Waals surface area contributed by atoms with Crippen molar-refractivity contribution >= 4 is 37.5 Å². The minimum Gasteiger partial charge on any atom is -0.262 e. The van der Waals surface area contributed by atoms with E-state index in [1.807, 2.05) is 0 Å². The molecule has 0 spiro atoms. The van der Waals surface area contributed by atoms with Crippen LogP contribution in [0, 0.1) is 17.0 Å². The van der Waals surface area contributed by atoms with Crippen LogP contribution >= 0.6 is 15.9 Å². The van der Waals surface area contributed by atoms with E-state index >= 15 is 0 Å². The zero-order chi connectivity index (χ0) is 15.6. The van der Waals surface area contributed by atoms with Crippen LogP contribution in [-0.2, 0) is 10.0 Å². The summed E-state index contributed by atoms with van der Waals surface area (Å²) in [5.41, 5.74) is 0.113. The molecule has 1 aromatic heterocycles. The van der Waals surface area contributed by atoms with Gasteiger partial charge in [0.15, 0.2) is 5.82 Å². The van der Waals surface area contributed by atoms with Crippen molar-refractivity contribution < 1.29 is 13.3 Å². The van der Waals surface area contributed by atoms with Crippen LogP contribution in [-0.4, -0.2) is 23.3 Å². The number of aryl methyl sites for hydroxylation is 1. The molecule has 0 aliphatic carbocycles. The van der Waals surface area contributed by atoms with Gasteiger partial charge >= 0.3 is 0 Å². The van der Waals surface area contributed by atoms with E-state index in [-0.39, 0.29) is 16.4 Å². The number of halogens is 1. The normalized spacial score (nSPS) is 11.1. The van der Waals surface area contributed by atoms with Gasteiger partial charge in [0.25, 0.3) is 15.7 Å². The van der Waals surface area contributed by atoms with Crippen LogP contribution in [0.2, 0.25) is 0 Å². The number of nitro groups is 1. The van der Waals surface area contributed by atoms with E-state index in [9.17, 15) is 18.5 Å². The number of aromatic nitrogens is 2. The molecule has 8 nitrogen and oxygen atoms in total. The van der Waals surface area contributed by atoms with E-state index in [4.69, 9.17) is 0 Å². The van der Waals surface area contributed by atoms with Gasteiger partial charge in [-0.15, -0.1) is 0 Å². The molecule has 1 aromatic carbocycles. The number of nitro benzene ring substituents is 1. The summed E-state index contributed by atoms with van der Waals surface area (Å²) >= 11 is 3.08. The number of nitrogens with zero attached hydrogens (tertiary/aromatic N) is 3. The number of anilines is 1. The van der Waals surface area contributed by atoms with Gasteiger partial charge in [-0.05, 0) is 28.9 Å². The minimum atomic E-state index is -3.97. The summed E-state index contributed by atoms with van der Waals surface area (Å²) in [4.78, 5) is 17.7. The van der Waals surface area contributed by atoms with E-state index < -0.39 is 14.9 Å². The summed E-state index contributed by atoms with van der Waals surface area (Å²) in [6, 6.07) is 3.67. The molecule has 0 unspecified atom stereocenters. The number of rotatable bonds is 4. The van der Waals surface area contributed by atoms with Crippen molar-refractivity contribution in [2.75, 3.05) is 4.72 Å². The zero-order valence-electron chi connectivity index (χ0n) is 10.6. The molecule has 0 saturated carbocycles. The van der Waals surface area contributed by atoms with Crippen molar-refractivity contribution in [2.45, 2.75) is 11.8 Å². The van der Waals surface area contributed by atoms with Crippen molar-refractivity contribution in [1.29, 1.82) is 0 Å². The second kappa shape index (κ2) is 5.74. The third-order valence-electron chi connectivity index (χ3n) is 2.55. The Morgan fingerprint density at radius 1 is 1.29 bits per heavy atom. The van der Waals surface area contributed by atoms with Crippen molar-refractivity contribution in [3.8, 4) is 0 Å². The van der Waals surface area contributed by atoms with E-state index in [0.717, 1.165) is 6.07 Å². The van der Waals surface area contributed by atoms with Gasteiger partial charge in [0.1, 0.15) is 4.60 Å². The van der Waals surface area contributed by atoms with Gasteiger partial charge in [0.2, 0.25) is 0 Å². The van der Waals surface area contributed by atoms with Crippen molar-refractivity contribution in [2.24, 2.45) is 0 Å². The lowest BCUT2D eigenvalue weighted by Crippen LogP contribution is -2.14. The number of benzene rings is 1. The van der Waals surface area contributed by atoms with Gasteiger partial charge in [-0.1, -0.05) is 6.07 Å². The summed E-state index contributed by atoms with van der Waals surface area (Å²) < 4.78 is 27.0. The Balaban J connectivity index is 2.38. The molecule has 10 heteroatoms. The number of nitrogens with one attached hydrogen (secondary N) is 1. The average Bonchev–Trinajstić information content (AvgIpc) is 2.41. The molecule has 0 bridgehead atoms. The Kier molecular flexibility index (Phi) is 4.19. The van der Waals surface area contributed by atoms with E-state index in [0.29, 0.717) is 10.2 Å². The molecule has 2 aromatic rings. The van der Waals surface area contributed by atoms with Gasteiger partial charge < -0.3 is 0 Å². The van der Waals surface area contributed by atoms with Crippen LogP contribution in [0.1, 0.15) is 5.56 Å². The predicted octanol–water partition coefficient (Wildman–Crippen LogP) is 2.26.